The van der Waals surface area contributed by atoms with Gasteiger partial charge in [0.25, 0.3) is 11.1 Å². The molecule has 3 rings (SSSR count). The second-order valence-electron chi connectivity index (χ2n) is 6.04. The molecule has 1 aliphatic rings. The number of nitrogens with one attached hydrogen (secondary N) is 1. The number of imide groups is 1. The second-order valence-corrected chi connectivity index (χ2v) is 7.06. The van der Waals surface area contributed by atoms with E-state index in [1.54, 1.807) is 48.5 Å². The first-order chi connectivity index (χ1) is 13.3. The van der Waals surface area contributed by atoms with Gasteiger partial charge in [-0.1, -0.05) is 18.2 Å². The largest absolute Gasteiger partial charge is 0.480 e. The standard InChI is InChI=1S/C19H17N3O5S/c20-13-8-11(9-16-17(23)22-19(26)28-16)3-6-15(13)27-12-4-1-10(2-5-12)7-14(21)18(24)25/h1-6,8-9,14H,7,20-21H2,(H,24,25)(H,22,23,26). The number of ether oxygens (including phenoxy) is 1. The van der Waals surface area contributed by atoms with E-state index in [2.05, 4.69) is 5.32 Å². The fourth-order valence-corrected chi connectivity index (χ4v) is 3.17. The number of thioether (sulfide) groups is 1. The fraction of sp³-hybridized carbons (Fsp3) is 0.105. The Morgan fingerprint density at radius 2 is 1.93 bits per heavy atom. The lowest BCUT2D eigenvalue weighted by Gasteiger charge is -2.11. The number of carbonyl (C=O) groups is 3. The highest BCUT2D eigenvalue weighted by Gasteiger charge is 2.25. The van der Waals surface area contributed by atoms with Crippen LogP contribution in [-0.4, -0.2) is 28.3 Å². The molecule has 1 saturated heterocycles. The van der Waals surface area contributed by atoms with Gasteiger partial charge in [0.1, 0.15) is 17.5 Å². The first-order valence-electron chi connectivity index (χ1n) is 8.21. The Balaban J connectivity index is 1.70. The van der Waals surface area contributed by atoms with E-state index in [0.717, 1.165) is 17.3 Å². The van der Waals surface area contributed by atoms with Crippen molar-refractivity contribution in [1.29, 1.82) is 0 Å². The van der Waals surface area contributed by atoms with Gasteiger partial charge in [-0.2, -0.15) is 0 Å². The summed E-state index contributed by atoms with van der Waals surface area (Å²) in [5.41, 5.74) is 13.3. The van der Waals surface area contributed by atoms with Crippen LogP contribution < -0.4 is 21.5 Å². The van der Waals surface area contributed by atoms with Gasteiger partial charge in [0.15, 0.2) is 0 Å². The molecule has 1 heterocycles. The molecule has 2 aromatic carbocycles. The van der Waals surface area contributed by atoms with Crippen LogP contribution >= 0.6 is 11.8 Å². The minimum absolute atomic E-state index is 0.217. The summed E-state index contributed by atoms with van der Waals surface area (Å²) < 4.78 is 5.75. The Bertz CT molecular complexity index is 972. The molecule has 8 nitrogen and oxygen atoms in total. The Morgan fingerprint density at radius 1 is 1.21 bits per heavy atom. The minimum atomic E-state index is -1.05. The lowest BCUT2D eigenvalue weighted by molar-refractivity contribution is -0.138. The lowest BCUT2D eigenvalue weighted by atomic mass is 10.1. The third kappa shape index (κ3) is 4.70. The van der Waals surface area contributed by atoms with Gasteiger partial charge in [-0.25, -0.2) is 0 Å². The highest BCUT2D eigenvalue weighted by Crippen LogP contribution is 2.31. The van der Waals surface area contributed by atoms with E-state index in [-0.39, 0.29) is 6.42 Å². The minimum Gasteiger partial charge on any atom is -0.480 e. The molecule has 2 amide bonds. The Hall–Kier alpha value is -3.30. The molecular formula is C19H17N3O5S. The summed E-state index contributed by atoms with van der Waals surface area (Å²) >= 11 is 0.832. The first-order valence-corrected chi connectivity index (χ1v) is 9.03. The molecule has 0 bridgehead atoms. The number of carboxylic acids is 1. The van der Waals surface area contributed by atoms with Crippen molar-refractivity contribution in [1.82, 2.24) is 5.32 Å². The summed E-state index contributed by atoms with van der Waals surface area (Å²) in [6, 6.07) is 10.9. The Labute approximate surface area is 164 Å². The summed E-state index contributed by atoms with van der Waals surface area (Å²) in [7, 11) is 0. The molecule has 0 aromatic heterocycles. The number of carboxylic acid groups (broad SMARTS) is 1. The van der Waals surface area contributed by atoms with Crippen LogP contribution in [0.2, 0.25) is 0 Å². The summed E-state index contributed by atoms with van der Waals surface area (Å²) in [4.78, 5) is 33.9. The molecule has 1 aliphatic heterocycles. The molecule has 144 valence electrons. The third-order valence-corrected chi connectivity index (χ3v) is 4.71. The molecule has 28 heavy (non-hydrogen) atoms. The number of rotatable bonds is 6. The quantitative estimate of drug-likeness (QED) is 0.428. The van der Waals surface area contributed by atoms with Crippen molar-refractivity contribution in [2.45, 2.75) is 12.5 Å². The molecule has 1 fully saturated rings. The number of aliphatic carboxylic acids is 1. The van der Waals surface area contributed by atoms with Gasteiger partial charge in [-0.15, -0.1) is 0 Å². The number of nitrogen functional groups attached to an aromatic ring is 1. The van der Waals surface area contributed by atoms with E-state index >= 15 is 0 Å². The normalized spacial score (nSPS) is 16.1. The number of benzene rings is 2. The van der Waals surface area contributed by atoms with Crippen molar-refractivity contribution >= 4 is 40.6 Å². The van der Waals surface area contributed by atoms with E-state index in [1.807, 2.05) is 0 Å². The lowest BCUT2D eigenvalue weighted by Crippen LogP contribution is -2.32. The van der Waals surface area contributed by atoms with Gasteiger partial charge in [0.05, 0.1) is 10.6 Å². The fourth-order valence-electron chi connectivity index (χ4n) is 2.48. The van der Waals surface area contributed by atoms with Crippen LogP contribution in [0, 0.1) is 0 Å². The van der Waals surface area contributed by atoms with Gasteiger partial charge >= 0.3 is 5.97 Å². The van der Waals surface area contributed by atoms with Crippen molar-refractivity contribution < 1.29 is 24.2 Å². The van der Waals surface area contributed by atoms with Gasteiger partial charge in [-0.3, -0.25) is 19.7 Å². The molecule has 0 radical (unpaired) electrons. The molecule has 0 aliphatic carbocycles. The maximum absolute atomic E-state index is 11.6. The van der Waals surface area contributed by atoms with E-state index in [9.17, 15) is 14.4 Å². The SMILES string of the molecule is Nc1cc(C=C2SC(=O)NC2=O)ccc1Oc1ccc(CC(N)C(=O)O)cc1. The zero-order valence-corrected chi connectivity index (χ0v) is 15.4. The maximum Gasteiger partial charge on any atom is 0.320 e. The molecule has 0 saturated carbocycles. The van der Waals surface area contributed by atoms with Gasteiger partial charge in [0, 0.05) is 0 Å². The van der Waals surface area contributed by atoms with E-state index in [0.29, 0.717) is 27.7 Å². The number of nitrogens with two attached hydrogens (primary N) is 2. The van der Waals surface area contributed by atoms with Crippen LogP contribution in [0.4, 0.5) is 10.5 Å². The highest BCUT2D eigenvalue weighted by molar-refractivity contribution is 8.18. The van der Waals surface area contributed by atoms with Gasteiger partial charge < -0.3 is 21.3 Å². The molecule has 1 atom stereocenters. The van der Waals surface area contributed by atoms with E-state index < -0.39 is 23.2 Å². The number of hydrogen-bond acceptors (Lipinski definition) is 7. The predicted octanol–water partition coefficient (Wildman–Crippen LogP) is 2.34. The molecule has 0 spiro atoms. The summed E-state index contributed by atoms with van der Waals surface area (Å²) in [6.07, 6.45) is 1.79. The van der Waals surface area contributed by atoms with Crippen LogP contribution in [0.1, 0.15) is 11.1 Å². The van der Waals surface area contributed by atoms with Crippen molar-refractivity contribution in [2.75, 3.05) is 5.73 Å². The number of carbonyl (C=O) groups excluding carboxylic acids is 2. The zero-order chi connectivity index (χ0) is 20.3. The average molecular weight is 399 g/mol. The summed E-state index contributed by atoms with van der Waals surface area (Å²) in [5.74, 6) is -0.531. The van der Waals surface area contributed by atoms with Gasteiger partial charge in [0.2, 0.25) is 0 Å². The van der Waals surface area contributed by atoms with Crippen LogP contribution in [0.15, 0.2) is 47.4 Å². The number of anilines is 1. The smallest absolute Gasteiger partial charge is 0.320 e. The maximum atomic E-state index is 11.6. The van der Waals surface area contributed by atoms with Crippen LogP contribution in [0.3, 0.4) is 0 Å². The zero-order valence-electron chi connectivity index (χ0n) is 14.5. The van der Waals surface area contributed by atoms with Gasteiger partial charge in [-0.05, 0) is 59.7 Å². The predicted molar refractivity (Wildman–Crippen MR) is 106 cm³/mol. The van der Waals surface area contributed by atoms with Crippen LogP contribution in [0.5, 0.6) is 11.5 Å². The molecule has 2 aromatic rings. The van der Waals surface area contributed by atoms with E-state index in [1.165, 1.54) is 0 Å². The molecule has 1 unspecified atom stereocenters. The number of hydrogen-bond donors (Lipinski definition) is 4. The number of amides is 2. The average Bonchev–Trinajstić information content (AvgIpc) is 2.96. The van der Waals surface area contributed by atoms with Crippen molar-refractivity contribution in [3.8, 4) is 11.5 Å². The van der Waals surface area contributed by atoms with E-state index in [4.69, 9.17) is 21.3 Å². The van der Waals surface area contributed by atoms with Crippen molar-refractivity contribution in [3.05, 3.63) is 58.5 Å². The molecule has 6 N–H and O–H groups in total. The summed E-state index contributed by atoms with van der Waals surface area (Å²) in [6.45, 7) is 0. The molecule has 9 heteroatoms. The second kappa shape index (κ2) is 8.15. The first kappa shape index (κ1) is 19.5. The van der Waals surface area contributed by atoms with Crippen LogP contribution in [-0.2, 0) is 16.0 Å². The summed E-state index contributed by atoms with van der Waals surface area (Å²) in [5, 5.41) is 10.6. The Kier molecular flexibility index (Phi) is 5.67. The topological polar surface area (TPSA) is 145 Å². The third-order valence-electron chi connectivity index (χ3n) is 3.90. The van der Waals surface area contributed by atoms with Crippen molar-refractivity contribution in [3.63, 3.8) is 0 Å². The van der Waals surface area contributed by atoms with Crippen molar-refractivity contribution in [2.24, 2.45) is 5.73 Å². The Morgan fingerprint density at radius 3 is 2.50 bits per heavy atom. The van der Waals surface area contributed by atoms with Crippen LogP contribution in [0.25, 0.3) is 6.08 Å². The molecular weight excluding hydrogens is 382 g/mol. The monoisotopic (exact) mass is 399 g/mol. The highest BCUT2D eigenvalue weighted by atomic mass is 32.2.